The fraction of sp³-hybridized carbons (Fsp3) is 0.500. The monoisotopic (exact) mass is 445 g/mol. The second-order valence-corrected chi connectivity index (χ2v) is 9.54. The molecule has 0 radical (unpaired) electrons. The molecule has 3 aromatic heterocycles. The van der Waals surface area contributed by atoms with Crippen molar-refractivity contribution in [3.8, 4) is 10.6 Å². The van der Waals surface area contributed by atoms with Crippen molar-refractivity contribution >= 4 is 43.9 Å². The number of thiazole rings is 1. The molecule has 1 amide bonds. The van der Waals surface area contributed by atoms with Gasteiger partial charge in [0, 0.05) is 19.1 Å². The van der Waals surface area contributed by atoms with Crippen molar-refractivity contribution in [1.29, 1.82) is 0 Å². The fourth-order valence-electron chi connectivity index (χ4n) is 4.00. The van der Waals surface area contributed by atoms with E-state index in [-0.39, 0.29) is 24.1 Å². The van der Waals surface area contributed by atoms with Gasteiger partial charge in [-0.25, -0.2) is 9.67 Å². The van der Waals surface area contributed by atoms with E-state index in [1.807, 2.05) is 17.5 Å². The van der Waals surface area contributed by atoms with Gasteiger partial charge in [0.25, 0.3) is 5.56 Å². The molecular formula is C20H23N5O3S2. The third-order valence-electron chi connectivity index (χ3n) is 5.54. The zero-order valence-electron chi connectivity index (χ0n) is 16.5. The van der Waals surface area contributed by atoms with Gasteiger partial charge in [-0.15, -0.1) is 11.3 Å². The Balaban J connectivity index is 1.53. The van der Waals surface area contributed by atoms with Gasteiger partial charge in [0.15, 0.2) is 10.6 Å². The molecule has 158 valence electrons. The van der Waals surface area contributed by atoms with Crippen LogP contribution in [0, 0.1) is 0 Å². The molecule has 2 fully saturated rings. The summed E-state index contributed by atoms with van der Waals surface area (Å²) >= 11 is 3.05. The van der Waals surface area contributed by atoms with Crippen molar-refractivity contribution in [2.75, 3.05) is 31.2 Å². The van der Waals surface area contributed by atoms with E-state index in [1.165, 1.54) is 16.0 Å². The van der Waals surface area contributed by atoms with E-state index in [0.29, 0.717) is 24.4 Å². The number of aromatic nitrogens is 3. The molecule has 1 aliphatic heterocycles. The van der Waals surface area contributed by atoms with Crippen LogP contribution in [0.15, 0.2) is 22.3 Å². The summed E-state index contributed by atoms with van der Waals surface area (Å²) in [7, 11) is 0. The molecule has 1 aliphatic carbocycles. The normalized spacial score (nSPS) is 17.7. The van der Waals surface area contributed by atoms with Gasteiger partial charge in [-0.05, 0) is 24.3 Å². The number of fused-ring (bicyclic) bond motifs is 1. The summed E-state index contributed by atoms with van der Waals surface area (Å²) in [4.78, 5) is 33.5. The van der Waals surface area contributed by atoms with Gasteiger partial charge in [0.2, 0.25) is 5.91 Å². The Morgan fingerprint density at radius 3 is 2.80 bits per heavy atom. The van der Waals surface area contributed by atoms with Gasteiger partial charge >= 0.3 is 0 Å². The molecule has 1 N–H and O–H groups in total. The number of hydrogen-bond acceptors (Lipinski definition) is 8. The molecule has 10 heteroatoms. The van der Waals surface area contributed by atoms with Crippen LogP contribution < -0.4 is 15.8 Å². The molecule has 5 rings (SSSR count). The van der Waals surface area contributed by atoms with Crippen LogP contribution in [0.3, 0.4) is 0 Å². The average Bonchev–Trinajstić information content (AvgIpc) is 3.52. The molecule has 30 heavy (non-hydrogen) atoms. The Labute approximate surface area is 181 Å². The number of anilines is 1. The summed E-state index contributed by atoms with van der Waals surface area (Å²) in [6.45, 7) is 2.71. The number of morpholine rings is 1. The highest BCUT2D eigenvalue weighted by Crippen LogP contribution is 2.35. The Bertz CT molecular complexity index is 1100. The Morgan fingerprint density at radius 2 is 2.07 bits per heavy atom. The van der Waals surface area contributed by atoms with Crippen molar-refractivity contribution in [2.45, 2.75) is 38.3 Å². The fourth-order valence-corrected chi connectivity index (χ4v) is 5.89. The van der Waals surface area contributed by atoms with Gasteiger partial charge in [0.1, 0.15) is 12.2 Å². The minimum Gasteiger partial charge on any atom is -0.378 e. The van der Waals surface area contributed by atoms with Crippen molar-refractivity contribution in [3.05, 3.63) is 27.9 Å². The quantitative estimate of drug-likeness (QED) is 0.649. The number of ether oxygens (including phenoxy) is 1. The van der Waals surface area contributed by atoms with Crippen molar-refractivity contribution in [1.82, 2.24) is 20.1 Å². The van der Waals surface area contributed by atoms with Gasteiger partial charge in [-0.1, -0.05) is 30.2 Å². The summed E-state index contributed by atoms with van der Waals surface area (Å²) < 4.78 is 7.48. The first-order chi connectivity index (χ1) is 14.7. The van der Waals surface area contributed by atoms with E-state index in [1.54, 1.807) is 11.3 Å². The van der Waals surface area contributed by atoms with E-state index in [9.17, 15) is 9.59 Å². The highest BCUT2D eigenvalue weighted by Gasteiger charge is 2.23. The molecule has 0 atom stereocenters. The molecule has 0 aromatic carbocycles. The maximum absolute atomic E-state index is 13.1. The lowest BCUT2D eigenvalue weighted by atomic mass is 10.2. The van der Waals surface area contributed by atoms with E-state index in [4.69, 9.17) is 4.74 Å². The van der Waals surface area contributed by atoms with Crippen molar-refractivity contribution in [2.24, 2.45) is 0 Å². The molecular weight excluding hydrogens is 422 g/mol. The molecule has 1 saturated heterocycles. The lowest BCUT2D eigenvalue weighted by Crippen LogP contribution is -2.38. The van der Waals surface area contributed by atoms with Crippen LogP contribution in [0.25, 0.3) is 20.8 Å². The van der Waals surface area contributed by atoms with Crippen LogP contribution in [0.1, 0.15) is 25.7 Å². The predicted molar refractivity (Wildman–Crippen MR) is 118 cm³/mol. The molecule has 8 nitrogen and oxygen atoms in total. The maximum atomic E-state index is 13.1. The summed E-state index contributed by atoms with van der Waals surface area (Å²) in [5.41, 5.74) is 0.779. The molecule has 4 heterocycles. The highest BCUT2D eigenvalue weighted by molar-refractivity contribution is 7.23. The summed E-state index contributed by atoms with van der Waals surface area (Å²) in [6, 6.07) is 4.15. The Hall–Kier alpha value is -2.30. The van der Waals surface area contributed by atoms with Gasteiger partial charge in [-0.3, -0.25) is 9.59 Å². The zero-order valence-corrected chi connectivity index (χ0v) is 18.1. The van der Waals surface area contributed by atoms with Crippen LogP contribution in [0.5, 0.6) is 0 Å². The standard InChI is InChI=1S/C20H23N5O3S2/c26-15(21-13-4-1-2-5-13)12-25-19(27)17-18(16(23-25)14-6-3-11-29-14)30-20(22-17)24-7-9-28-10-8-24/h3,6,11,13H,1-2,4-5,7-10,12H2,(H,21,26). The van der Waals surface area contributed by atoms with Crippen LogP contribution in [0.4, 0.5) is 5.13 Å². The first-order valence-corrected chi connectivity index (χ1v) is 12.0. The van der Waals surface area contributed by atoms with Crippen LogP contribution in [0.2, 0.25) is 0 Å². The molecule has 2 aliphatic rings. The number of carbonyl (C=O) groups is 1. The Morgan fingerprint density at radius 1 is 1.27 bits per heavy atom. The lowest BCUT2D eigenvalue weighted by molar-refractivity contribution is -0.122. The van der Waals surface area contributed by atoms with Gasteiger partial charge in [0.05, 0.1) is 22.8 Å². The number of hydrogen-bond donors (Lipinski definition) is 1. The van der Waals surface area contributed by atoms with Crippen LogP contribution in [-0.4, -0.2) is 53.0 Å². The summed E-state index contributed by atoms with van der Waals surface area (Å²) in [5, 5.41) is 10.4. The number of nitrogens with one attached hydrogen (secondary N) is 1. The number of rotatable bonds is 5. The third-order valence-corrected chi connectivity index (χ3v) is 7.54. The minimum absolute atomic E-state index is 0.0892. The second kappa shape index (κ2) is 8.44. The maximum Gasteiger partial charge on any atom is 0.294 e. The summed E-state index contributed by atoms with van der Waals surface area (Å²) in [5.74, 6) is -0.170. The van der Waals surface area contributed by atoms with E-state index >= 15 is 0 Å². The second-order valence-electron chi connectivity index (χ2n) is 7.61. The third kappa shape index (κ3) is 3.86. The Kier molecular flexibility index (Phi) is 5.53. The van der Waals surface area contributed by atoms with Crippen molar-refractivity contribution < 1.29 is 9.53 Å². The summed E-state index contributed by atoms with van der Waals surface area (Å²) in [6.07, 6.45) is 4.28. The highest BCUT2D eigenvalue weighted by atomic mass is 32.1. The molecule has 0 spiro atoms. The minimum atomic E-state index is -0.317. The van der Waals surface area contributed by atoms with E-state index in [0.717, 1.165) is 53.5 Å². The first-order valence-electron chi connectivity index (χ1n) is 10.3. The average molecular weight is 446 g/mol. The van der Waals surface area contributed by atoms with Crippen LogP contribution >= 0.6 is 22.7 Å². The topological polar surface area (TPSA) is 89.3 Å². The lowest BCUT2D eigenvalue weighted by Gasteiger charge is -2.25. The van der Waals surface area contributed by atoms with E-state index in [2.05, 4.69) is 20.3 Å². The first kappa shape index (κ1) is 19.7. The predicted octanol–water partition coefficient (Wildman–Crippen LogP) is 2.48. The zero-order chi connectivity index (χ0) is 20.5. The van der Waals surface area contributed by atoms with Gasteiger partial charge < -0.3 is 15.0 Å². The van der Waals surface area contributed by atoms with Crippen LogP contribution in [-0.2, 0) is 16.1 Å². The van der Waals surface area contributed by atoms with Gasteiger partial charge in [-0.2, -0.15) is 5.10 Å². The number of nitrogens with zero attached hydrogens (tertiary/aromatic N) is 4. The van der Waals surface area contributed by atoms with Crippen molar-refractivity contribution in [3.63, 3.8) is 0 Å². The molecule has 3 aromatic rings. The molecule has 1 saturated carbocycles. The largest absolute Gasteiger partial charge is 0.378 e. The molecule has 0 bridgehead atoms. The smallest absolute Gasteiger partial charge is 0.294 e. The number of amides is 1. The number of thiophene rings is 1. The number of carbonyl (C=O) groups excluding carboxylic acids is 1. The molecule has 0 unspecified atom stereocenters. The van der Waals surface area contributed by atoms with E-state index < -0.39 is 0 Å². The SMILES string of the molecule is O=C(Cn1nc(-c2cccs2)c2sc(N3CCOCC3)nc2c1=O)NC1CCCC1.